The maximum absolute atomic E-state index is 12.2. The van der Waals surface area contributed by atoms with Crippen LogP contribution in [0.2, 0.25) is 0 Å². The summed E-state index contributed by atoms with van der Waals surface area (Å²) >= 11 is 0. The van der Waals surface area contributed by atoms with E-state index in [4.69, 9.17) is 5.11 Å². The second kappa shape index (κ2) is 6.50. The number of pyridine rings is 1. The van der Waals surface area contributed by atoms with E-state index in [-0.39, 0.29) is 19.7 Å². The van der Waals surface area contributed by atoms with Gasteiger partial charge in [-0.25, -0.2) is 8.78 Å². The van der Waals surface area contributed by atoms with Gasteiger partial charge in [0.25, 0.3) is 6.43 Å². The Morgan fingerprint density at radius 1 is 1.44 bits per heavy atom. The van der Waals surface area contributed by atoms with Crippen LogP contribution in [0.5, 0.6) is 0 Å². The van der Waals surface area contributed by atoms with E-state index in [1.165, 1.54) is 4.90 Å². The standard InChI is InChI=1S/C11H16F2N2O/c1-9-3-2-4-10(14-9)7-15(5-6-16)8-11(12)13/h2-4,11,16H,5-8H2,1H3. The molecule has 0 atom stereocenters. The zero-order chi connectivity index (χ0) is 12.0. The van der Waals surface area contributed by atoms with E-state index in [0.717, 1.165) is 11.4 Å². The summed E-state index contributed by atoms with van der Waals surface area (Å²) in [6.45, 7) is 1.97. The van der Waals surface area contributed by atoms with E-state index in [1.54, 1.807) is 6.07 Å². The highest BCUT2D eigenvalue weighted by molar-refractivity contribution is 5.09. The van der Waals surface area contributed by atoms with Crippen molar-refractivity contribution in [1.29, 1.82) is 0 Å². The lowest BCUT2D eigenvalue weighted by atomic mass is 10.3. The number of nitrogens with zero attached hydrogens (tertiary/aromatic N) is 2. The zero-order valence-electron chi connectivity index (χ0n) is 9.24. The topological polar surface area (TPSA) is 36.4 Å². The summed E-state index contributed by atoms with van der Waals surface area (Å²) in [5.74, 6) is 0. The van der Waals surface area contributed by atoms with E-state index < -0.39 is 6.43 Å². The molecule has 1 aromatic heterocycles. The third-order valence-corrected chi connectivity index (χ3v) is 2.14. The van der Waals surface area contributed by atoms with Gasteiger partial charge in [0.15, 0.2) is 0 Å². The molecule has 0 radical (unpaired) electrons. The van der Waals surface area contributed by atoms with Gasteiger partial charge in [-0.3, -0.25) is 9.88 Å². The number of hydrogen-bond donors (Lipinski definition) is 1. The van der Waals surface area contributed by atoms with Crippen molar-refractivity contribution in [2.24, 2.45) is 0 Å². The highest BCUT2D eigenvalue weighted by Gasteiger charge is 2.12. The second-order valence-corrected chi connectivity index (χ2v) is 3.62. The van der Waals surface area contributed by atoms with Crippen LogP contribution in [0.1, 0.15) is 11.4 Å². The van der Waals surface area contributed by atoms with E-state index in [0.29, 0.717) is 6.54 Å². The van der Waals surface area contributed by atoms with Gasteiger partial charge in [-0.05, 0) is 19.1 Å². The van der Waals surface area contributed by atoms with Gasteiger partial charge in [0, 0.05) is 18.8 Å². The van der Waals surface area contributed by atoms with Gasteiger partial charge in [0.1, 0.15) is 0 Å². The molecule has 0 amide bonds. The molecule has 1 heterocycles. The average Bonchev–Trinajstić information content (AvgIpc) is 2.16. The molecule has 90 valence electrons. The van der Waals surface area contributed by atoms with Crippen molar-refractivity contribution in [2.75, 3.05) is 19.7 Å². The third kappa shape index (κ3) is 4.63. The summed E-state index contributed by atoms with van der Waals surface area (Å²) in [6.07, 6.45) is -2.39. The first-order valence-corrected chi connectivity index (χ1v) is 5.15. The largest absolute Gasteiger partial charge is 0.395 e. The van der Waals surface area contributed by atoms with Gasteiger partial charge in [0.2, 0.25) is 0 Å². The van der Waals surface area contributed by atoms with Gasteiger partial charge in [-0.15, -0.1) is 0 Å². The lowest BCUT2D eigenvalue weighted by Gasteiger charge is -2.20. The highest BCUT2D eigenvalue weighted by Crippen LogP contribution is 2.05. The summed E-state index contributed by atoms with van der Waals surface area (Å²) in [6, 6.07) is 5.49. The van der Waals surface area contributed by atoms with Gasteiger partial charge in [-0.1, -0.05) is 6.07 Å². The molecule has 5 heteroatoms. The maximum Gasteiger partial charge on any atom is 0.251 e. The molecule has 0 unspecified atom stereocenters. The van der Waals surface area contributed by atoms with Gasteiger partial charge < -0.3 is 5.11 Å². The van der Waals surface area contributed by atoms with Crippen molar-refractivity contribution >= 4 is 0 Å². The van der Waals surface area contributed by atoms with E-state index in [9.17, 15) is 8.78 Å². The van der Waals surface area contributed by atoms with E-state index in [1.807, 2.05) is 19.1 Å². The molecule has 0 aliphatic heterocycles. The molecule has 1 rings (SSSR count). The van der Waals surface area contributed by atoms with Crippen molar-refractivity contribution in [3.05, 3.63) is 29.6 Å². The van der Waals surface area contributed by atoms with Crippen LogP contribution in [0.15, 0.2) is 18.2 Å². The predicted molar refractivity (Wildman–Crippen MR) is 57.3 cm³/mol. The van der Waals surface area contributed by atoms with Crippen LogP contribution in [0.25, 0.3) is 0 Å². The number of aryl methyl sites for hydroxylation is 1. The summed E-state index contributed by atoms with van der Waals surface area (Å²) in [5.41, 5.74) is 1.60. The number of alkyl halides is 2. The van der Waals surface area contributed by atoms with Gasteiger partial charge >= 0.3 is 0 Å². The number of aromatic nitrogens is 1. The Hall–Kier alpha value is -1.07. The maximum atomic E-state index is 12.2. The highest BCUT2D eigenvalue weighted by atomic mass is 19.3. The van der Waals surface area contributed by atoms with E-state index >= 15 is 0 Å². The molecule has 1 N–H and O–H groups in total. The SMILES string of the molecule is Cc1cccc(CN(CCO)CC(F)F)n1. The molecule has 1 aromatic rings. The van der Waals surface area contributed by atoms with Crippen LogP contribution >= 0.6 is 0 Å². The quantitative estimate of drug-likeness (QED) is 0.803. The number of aliphatic hydroxyl groups is 1. The minimum absolute atomic E-state index is 0.126. The summed E-state index contributed by atoms with van der Waals surface area (Å²) in [5, 5.41) is 8.78. The number of halogens is 2. The number of aliphatic hydroxyl groups excluding tert-OH is 1. The normalized spacial score (nSPS) is 11.4. The molecule has 0 fully saturated rings. The Balaban J connectivity index is 2.60. The smallest absolute Gasteiger partial charge is 0.251 e. The molecule has 0 saturated heterocycles. The van der Waals surface area contributed by atoms with Crippen LogP contribution in [0.3, 0.4) is 0 Å². The third-order valence-electron chi connectivity index (χ3n) is 2.14. The van der Waals surface area contributed by atoms with Crippen LogP contribution < -0.4 is 0 Å². The molecule has 3 nitrogen and oxygen atoms in total. The monoisotopic (exact) mass is 230 g/mol. The molecule has 16 heavy (non-hydrogen) atoms. The lowest BCUT2D eigenvalue weighted by Crippen LogP contribution is -2.31. The number of hydrogen-bond acceptors (Lipinski definition) is 3. The fourth-order valence-electron chi connectivity index (χ4n) is 1.49. The molecule has 0 bridgehead atoms. The van der Waals surface area contributed by atoms with Crippen molar-refractivity contribution in [3.63, 3.8) is 0 Å². The van der Waals surface area contributed by atoms with Crippen molar-refractivity contribution in [3.8, 4) is 0 Å². The molecular formula is C11H16F2N2O. The van der Waals surface area contributed by atoms with Crippen molar-refractivity contribution < 1.29 is 13.9 Å². The Morgan fingerprint density at radius 3 is 2.75 bits per heavy atom. The first kappa shape index (κ1) is 13.0. The first-order valence-electron chi connectivity index (χ1n) is 5.15. The minimum atomic E-state index is -2.39. The molecular weight excluding hydrogens is 214 g/mol. The van der Waals surface area contributed by atoms with Crippen LogP contribution in [0, 0.1) is 6.92 Å². The van der Waals surface area contributed by atoms with E-state index in [2.05, 4.69) is 4.98 Å². The predicted octanol–water partition coefficient (Wildman–Crippen LogP) is 1.45. The minimum Gasteiger partial charge on any atom is -0.395 e. The van der Waals surface area contributed by atoms with Crippen LogP contribution in [0.4, 0.5) is 8.78 Å². The van der Waals surface area contributed by atoms with Crippen LogP contribution in [-0.2, 0) is 6.54 Å². The Morgan fingerprint density at radius 2 is 2.19 bits per heavy atom. The molecule has 0 aromatic carbocycles. The Kier molecular flexibility index (Phi) is 5.28. The Labute approximate surface area is 93.7 Å². The lowest BCUT2D eigenvalue weighted by molar-refractivity contribution is 0.0740. The molecule has 0 aliphatic carbocycles. The fraction of sp³-hybridized carbons (Fsp3) is 0.545. The molecule has 0 spiro atoms. The molecule has 0 aliphatic rings. The fourth-order valence-corrected chi connectivity index (χ4v) is 1.49. The second-order valence-electron chi connectivity index (χ2n) is 3.62. The number of rotatable bonds is 6. The van der Waals surface area contributed by atoms with Gasteiger partial charge in [-0.2, -0.15) is 0 Å². The summed E-state index contributed by atoms with van der Waals surface area (Å²) in [7, 11) is 0. The first-order chi connectivity index (χ1) is 7.61. The average molecular weight is 230 g/mol. The van der Waals surface area contributed by atoms with Gasteiger partial charge in [0.05, 0.1) is 18.8 Å². The zero-order valence-corrected chi connectivity index (χ0v) is 9.24. The summed E-state index contributed by atoms with van der Waals surface area (Å²) < 4.78 is 24.5. The van der Waals surface area contributed by atoms with Crippen LogP contribution in [-0.4, -0.2) is 41.1 Å². The molecule has 0 saturated carbocycles. The van der Waals surface area contributed by atoms with Crippen molar-refractivity contribution in [1.82, 2.24) is 9.88 Å². The summed E-state index contributed by atoms with van der Waals surface area (Å²) in [4.78, 5) is 5.73. The Bertz CT molecular complexity index is 321. The van der Waals surface area contributed by atoms with Crippen molar-refractivity contribution in [2.45, 2.75) is 19.9 Å².